The number of anilines is 2. The Morgan fingerprint density at radius 3 is 2.42 bits per heavy atom. The lowest BCUT2D eigenvalue weighted by Gasteiger charge is -1.99. The first-order valence-electron chi connectivity index (χ1n) is 6.20. The minimum Gasteiger partial charge on any atom is -0.441 e. The smallest absolute Gasteiger partial charge is 0.195 e. The number of nitrogens with two attached hydrogens (primary N) is 2. The molecule has 0 unspecified atom stereocenters. The third-order valence-corrected chi connectivity index (χ3v) is 3.06. The van der Waals surface area contributed by atoms with Crippen molar-refractivity contribution in [2.45, 2.75) is 12.8 Å². The Bertz CT molecular complexity index is 701. The highest BCUT2D eigenvalue weighted by molar-refractivity contribution is 5.76. The standard InChI is InChI=1S/C15H15N3O/c16-11-4-1-10(2-5-11)3-8-15-18-13-9-12(17)6-7-14(13)19-15/h1-2,4-7,9H,3,8,16-17H2. The van der Waals surface area contributed by atoms with E-state index in [1.54, 1.807) is 0 Å². The van der Waals surface area contributed by atoms with Crippen molar-refractivity contribution in [2.24, 2.45) is 0 Å². The molecule has 0 atom stereocenters. The first kappa shape index (κ1) is 11.6. The number of rotatable bonds is 3. The Kier molecular flexibility index (Phi) is 2.83. The van der Waals surface area contributed by atoms with Gasteiger partial charge >= 0.3 is 0 Å². The maximum absolute atomic E-state index is 5.72. The molecule has 0 aliphatic heterocycles. The maximum Gasteiger partial charge on any atom is 0.195 e. The summed E-state index contributed by atoms with van der Waals surface area (Å²) in [5, 5.41) is 0. The summed E-state index contributed by atoms with van der Waals surface area (Å²) < 4.78 is 5.68. The van der Waals surface area contributed by atoms with E-state index in [0.29, 0.717) is 5.69 Å². The van der Waals surface area contributed by atoms with Gasteiger partial charge in [-0.25, -0.2) is 4.98 Å². The largest absolute Gasteiger partial charge is 0.441 e. The minimum atomic E-state index is 0.700. The lowest BCUT2D eigenvalue weighted by molar-refractivity contribution is 0.528. The molecule has 4 heteroatoms. The molecule has 4 nitrogen and oxygen atoms in total. The maximum atomic E-state index is 5.72. The molecule has 0 aliphatic rings. The van der Waals surface area contributed by atoms with Gasteiger partial charge in [-0.1, -0.05) is 12.1 Å². The van der Waals surface area contributed by atoms with Crippen molar-refractivity contribution >= 4 is 22.5 Å². The molecule has 0 aliphatic carbocycles. The Labute approximate surface area is 111 Å². The number of hydrogen-bond acceptors (Lipinski definition) is 4. The van der Waals surface area contributed by atoms with Crippen molar-refractivity contribution in [3.05, 3.63) is 53.9 Å². The van der Waals surface area contributed by atoms with Gasteiger partial charge in [0.2, 0.25) is 0 Å². The Morgan fingerprint density at radius 1 is 0.895 bits per heavy atom. The zero-order valence-electron chi connectivity index (χ0n) is 10.5. The predicted molar refractivity (Wildman–Crippen MR) is 76.7 cm³/mol. The molecule has 0 spiro atoms. The summed E-state index contributed by atoms with van der Waals surface area (Å²) in [4.78, 5) is 4.43. The number of fused-ring (bicyclic) bond motifs is 1. The number of oxazole rings is 1. The van der Waals surface area contributed by atoms with Gasteiger partial charge in [0.05, 0.1) is 0 Å². The molecule has 3 aromatic rings. The molecule has 4 N–H and O–H groups in total. The zero-order valence-corrected chi connectivity index (χ0v) is 10.5. The molecule has 1 heterocycles. The molecular weight excluding hydrogens is 238 g/mol. The summed E-state index contributed by atoms with van der Waals surface area (Å²) in [6.45, 7) is 0. The number of hydrogen-bond donors (Lipinski definition) is 2. The van der Waals surface area contributed by atoms with Crippen molar-refractivity contribution in [1.82, 2.24) is 4.98 Å². The van der Waals surface area contributed by atoms with Crippen molar-refractivity contribution in [3.8, 4) is 0 Å². The van der Waals surface area contributed by atoms with Gasteiger partial charge in [0, 0.05) is 17.8 Å². The molecule has 96 valence electrons. The molecule has 19 heavy (non-hydrogen) atoms. The van der Waals surface area contributed by atoms with Gasteiger partial charge in [0.15, 0.2) is 11.5 Å². The molecule has 0 bridgehead atoms. The van der Waals surface area contributed by atoms with Crippen LogP contribution in [-0.2, 0) is 12.8 Å². The van der Waals surface area contributed by atoms with E-state index < -0.39 is 0 Å². The molecular formula is C15H15N3O. The van der Waals surface area contributed by atoms with Crippen LogP contribution in [0.25, 0.3) is 11.1 Å². The van der Waals surface area contributed by atoms with Crippen LogP contribution in [0.3, 0.4) is 0 Å². The lowest BCUT2D eigenvalue weighted by atomic mass is 10.1. The topological polar surface area (TPSA) is 78.1 Å². The van der Waals surface area contributed by atoms with Crippen molar-refractivity contribution < 1.29 is 4.42 Å². The van der Waals surface area contributed by atoms with Crippen molar-refractivity contribution in [3.63, 3.8) is 0 Å². The van der Waals surface area contributed by atoms with Crippen molar-refractivity contribution in [2.75, 3.05) is 11.5 Å². The Balaban J connectivity index is 1.76. The fraction of sp³-hybridized carbons (Fsp3) is 0.133. The summed E-state index contributed by atoms with van der Waals surface area (Å²) in [5.41, 5.74) is 15.7. The van der Waals surface area contributed by atoms with Crippen LogP contribution in [0.4, 0.5) is 11.4 Å². The van der Waals surface area contributed by atoms with E-state index in [0.717, 1.165) is 35.5 Å². The molecule has 0 radical (unpaired) electrons. The van der Waals surface area contributed by atoms with Gasteiger partial charge in [-0.15, -0.1) is 0 Å². The van der Waals surface area contributed by atoms with Crippen LogP contribution in [0.5, 0.6) is 0 Å². The first-order chi connectivity index (χ1) is 9.20. The van der Waals surface area contributed by atoms with Gasteiger partial charge in [0.25, 0.3) is 0 Å². The molecule has 1 aromatic heterocycles. The molecule has 0 saturated carbocycles. The number of benzene rings is 2. The van der Waals surface area contributed by atoms with Crippen LogP contribution in [0.15, 0.2) is 46.9 Å². The predicted octanol–water partition coefficient (Wildman–Crippen LogP) is 2.78. The molecule has 2 aromatic carbocycles. The van der Waals surface area contributed by atoms with Gasteiger partial charge in [-0.2, -0.15) is 0 Å². The van der Waals surface area contributed by atoms with E-state index in [1.165, 1.54) is 5.56 Å². The van der Waals surface area contributed by atoms with Gasteiger partial charge in [-0.05, 0) is 42.3 Å². The SMILES string of the molecule is Nc1ccc(CCc2nc3cc(N)ccc3o2)cc1. The van der Waals surface area contributed by atoms with Crippen LogP contribution in [0.2, 0.25) is 0 Å². The fourth-order valence-electron chi connectivity index (χ4n) is 2.03. The average Bonchev–Trinajstić information content (AvgIpc) is 2.80. The van der Waals surface area contributed by atoms with Crippen molar-refractivity contribution in [1.29, 1.82) is 0 Å². The average molecular weight is 253 g/mol. The Hall–Kier alpha value is -2.49. The van der Waals surface area contributed by atoms with Crippen LogP contribution in [0, 0.1) is 0 Å². The minimum absolute atomic E-state index is 0.700. The molecule has 0 amide bonds. The van der Waals surface area contributed by atoms with E-state index in [2.05, 4.69) is 4.98 Å². The molecule has 0 saturated heterocycles. The number of aryl methyl sites for hydroxylation is 2. The van der Waals surface area contributed by atoms with Crippen LogP contribution >= 0.6 is 0 Å². The highest BCUT2D eigenvalue weighted by atomic mass is 16.3. The third kappa shape index (κ3) is 2.52. The first-order valence-corrected chi connectivity index (χ1v) is 6.20. The monoisotopic (exact) mass is 253 g/mol. The molecule has 3 rings (SSSR count). The van der Waals surface area contributed by atoms with E-state index >= 15 is 0 Å². The second-order valence-corrected chi connectivity index (χ2v) is 4.58. The quantitative estimate of drug-likeness (QED) is 0.703. The van der Waals surface area contributed by atoms with Gasteiger partial charge in [-0.3, -0.25) is 0 Å². The highest BCUT2D eigenvalue weighted by Gasteiger charge is 2.06. The van der Waals surface area contributed by atoms with Crippen LogP contribution in [-0.4, -0.2) is 4.98 Å². The number of aromatic nitrogens is 1. The summed E-state index contributed by atoms with van der Waals surface area (Å²) in [7, 11) is 0. The Morgan fingerprint density at radius 2 is 1.63 bits per heavy atom. The van der Waals surface area contributed by atoms with E-state index in [9.17, 15) is 0 Å². The summed E-state index contributed by atoms with van der Waals surface area (Å²) in [6.07, 6.45) is 1.64. The lowest BCUT2D eigenvalue weighted by Crippen LogP contribution is -1.92. The van der Waals surface area contributed by atoms with E-state index in [1.807, 2.05) is 42.5 Å². The highest BCUT2D eigenvalue weighted by Crippen LogP contribution is 2.19. The normalized spacial score (nSPS) is 10.9. The third-order valence-electron chi connectivity index (χ3n) is 3.06. The van der Waals surface area contributed by atoms with Gasteiger partial charge < -0.3 is 15.9 Å². The van der Waals surface area contributed by atoms with E-state index in [-0.39, 0.29) is 0 Å². The molecule has 0 fully saturated rings. The van der Waals surface area contributed by atoms with Gasteiger partial charge in [0.1, 0.15) is 5.52 Å². The number of nitrogen functional groups attached to an aromatic ring is 2. The van der Waals surface area contributed by atoms with E-state index in [4.69, 9.17) is 15.9 Å². The zero-order chi connectivity index (χ0) is 13.2. The number of nitrogens with zero attached hydrogens (tertiary/aromatic N) is 1. The summed E-state index contributed by atoms with van der Waals surface area (Å²) in [5.74, 6) is 0.734. The summed E-state index contributed by atoms with van der Waals surface area (Å²) >= 11 is 0. The van der Waals surface area contributed by atoms with Crippen LogP contribution in [0.1, 0.15) is 11.5 Å². The summed E-state index contributed by atoms with van der Waals surface area (Å²) in [6, 6.07) is 13.4. The fourth-order valence-corrected chi connectivity index (χ4v) is 2.03. The van der Waals surface area contributed by atoms with Crippen LogP contribution < -0.4 is 11.5 Å². The second-order valence-electron chi connectivity index (χ2n) is 4.58. The second kappa shape index (κ2) is 4.65.